The van der Waals surface area contributed by atoms with E-state index < -0.39 is 0 Å². The number of nitrogens with one attached hydrogen (secondary N) is 2. The van der Waals surface area contributed by atoms with Gasteiger partial charge < -0.3 is 15.4 Å². The van der Waals surface area contributed by atoms with E-state index in [0.717, 1.165) is 17.3 Å². The standard InChI is InChI=1S/C20H24N6O.HI/c1-21-20(24-12-18-8-3-4-9-19(18)27-2)23-11-16-6-5-7-17(10-16)13-26-15-22-14-25-26;/h3-10,14-15H,11-13H2,1-2H3,(H2,21,23,24);1H. The molecule has 0 saturated heterocycles. The van der Waals surface area contributed by atoms with Crippen molar-refractivity contribution in [3.63, 3.8) is 0 Å². The van der Waals surface area contributed by atoms with Crippen molar-refractivity contribution < 1.29 is 4.74 Å². The van der Waals surface area contributed by atoms with Crippen LogP contribution in [0.25, 0.3) is 0 Å². The smallest absolute Gasteiger partial charge is 0.191 e. The molecule has 0 saturated carbocycles. The van der Waals surface area contributed by atoms with Crippen LogP contribution in [-0.2, 0) is 19.6 Å². The van der Waals surface area contributed by atoms with E-state index >= 15 is 0 Å². The normalized spacial score (nSPS) is 10.9. The van der Waals surface area contributed by atoms with Gasteiger partial charge in [-0.1, -0.05) is 42.5 Å². The SMILES string of the molecule is CN=C(NCc1cccc(Cn2cncn2)c1)NCc1ccccc1OC.I. The van der Waals surface area contributed by atoms with Gasteiger partial charge in [-0.3, -0.25) is 4.99 Å². The van der Waals surface area contributed by atoms with Crippen LogP contribution in [0.3, 0.4) is 0 Å². The maximum absolute atomic E-state index is 5.38. The summed E-state index contributed by atoms with van der Waals surface area (Å²) in [5.41, 5.74) is 3.43. The molecule has 0 aliphatic carbocycles. The van der Waals surface area contributed by atoms with Gasteiger partial charge in [0.25, 0.3) is 0 Å². The zero-order valence-corrected chi connectivity index (χ0v) is 18.3. The van der Waals surface area contributed by atoms with Crippen LogP contribution in [0, 0.1) is 0 Å². The van der Waals surface area contributed by atoms with Gasteiger partial charge in [-0.25, -0.2) is 9.67 Å². The Labute approximate surface area is 182 Å². The molecule has 148 valence electrons. The summed E-state index contributed by atoms with van der Waals surface area (Å²) in [5.74, 6) is 1.60. The van der Waals surface area contributed by atoms with E-state index in [1.165, 1.54) is 11.1 Å². The lowest BCUT2D eigenvalue weighted by atomic mass is 10.1. The molecule has 7 nitrogen and oxygen atoms in total. The topological polar surface area (TPSA) is 76.4 Å². The quantitative estimate of drug-likeness (QED) is 0.302. The molecule has 0 radical (unpaired) electrons. The molecule has 0 bridgehead atoms. The molecule has 8 heteroatoms. The van der Waals surface area contributed by atoms with Crippen LogP contribution in [-0.4, -0.2) is 34.9 Å². The molecule has 3 rings (SSSR count). The van der Waals surface area contributed by atoms with Crippen molar-refractivity contribution in [2.45, 2.75) is 19.6 Å². The summed E-state index contributed by atoms with van der Waals surface area (Å²) in [4.78, 5) is 8.26. The Morgan fingerprint density at radius 2 is 1.86 bits per heavy atom. The number of halogens is 1. The van der Waals surface area contributed by atoms with Gasteiger partial charge in [0.05, 0.1) is 13.7 Å². The highest BCUT2D eigenvalue weighted by atomic mass is 127. The number of hydrogen-bond acceptors (Lipinski definition) is 4. The number of guanidine groups is 1. The Morgan fingerprint density at radius 3 is 2.61 bits per heavy atom. The molecule has 0 aliphatic heterocycles. The minimum absolute atomic E-state index is 0. The fourth-order valence-electron chi connectivity index (χ4n) is 2.77. The fourth-order valence-corrected chi connectivity index (χ4v) is 2.77. The lowest BCUT2D eigenvalue weighted by Crippen LogP contribution is -2.36. The summed E-state index contributed by atoms with van der Waals surface area (Å²) in [7, 11) is 3.44. The first kappa shape index (κ1) is 21.7. The summed E-state index contributed by atoms with van der Waals surface area (Å²) in [6.45, 7) is 2.02. The minimum atomic E-state index is 0. The van der Waals surface area contributed by atoms with Crippen molar-refractivity contribution in [1.82, 2.24) is 25.4 Å². The Balaban J connectivity index is 0.00000280. The molecule has 0 atom stereocenters. The summed E-state index contributed by atoms with van der Waals surface area (Å²) < 4.78 is 7.19. The second-order valence-electron chi connectivity index (χ2n) is 6.00. The van der Waals surface area contributed by atoms with Crippen molar-refractivity contribution in [2.24, 2.45) is 4.99 Å². The van der Waals surface area contributed by atoms with E-state index in [4.69, 9.17) is 4.74 Å². The highest BCUT2D eigenvalue weighted by Crippen LogP contribution is 2.16. The van der Waals surface area contributed by atoms with Crippen molar-refractivity contribution in [2.75, 3.05) is 14.2 Å². The first-order chi connectivity index (χ1) is 13.3. The number of rotatable bonds is 7. The van der Waals surface area contributed by atoms with E-state index in [1.807, 2.05) is 30.3 Å². The van der Waals surface area contributed by atoms with Crippen LogP contribution in [0.15, 0.2) is 66.2 Å². The number of nitrogens with zero attached hydrogens (tertiary/aromatic N) is 4. The predicted molar refractivity (Wildman–Crippen MR) is 121 cm³/mol. The first-order valence-electron chi connectivity index (χ1n) is 8.75. The Hall–Kier alpha value is -2.62. The fraction of sp³-hybridized carbons (Fsp3) is 0.250. The van der Waals surface area contributed by atoms with Crippen molar-refractivity contribution in [1.29, 1.82) is 0 Å². The molecule has 2 N–H and O–H groups in total. The molecule has 0 aliphatic rings. The number of benzene rings is 2. The van der Waals surface area contributed by atoms with Crippen LogP contribution in [0.2, 0.25) is 0 Å². The summed E-state index contributed by atoms with van der Waals surface area (Å²) >= 11 is 0. The van der Waals surface area contributed by atoms with Gasteiger partial charge in [-0.15, -0.1) is 24.0 Å². The van der Waals surface area contributed by atoms with Crippen LogP contribution in [0.1, 0.15) is 16.7 Å². The molecular weight excluding hydrogens is 467 g/mol. The first-order valence-corrected chi connectivity index (χ1v) is 8.75. The average Bonchev–Trinajstić information content (AvgIpc) is 3.21. The number of aliphatic imine (C=N–C) groups is 1. The minimum Gasteiger partial charge on any atom is -0.496 e. The third-order valence-electron chi connectivity index (χ3n) is 4.12. The number of methoxy groups -OCH3 is 1. The second kappa shape index (κ2) is 11.3. The second-order valence-corrected chi connectivity index (χ2v) is 6.00. The van der Waals surface area contributed by atoms with Gasteiger partial charge in [0.1, 0.15) is 18.4 Å². The van der Waals surface area contributed by atoms with Gasteiger partial charge >= 0.3 is 0 Å². The van der Waals surface area contributed by atoms with Gasteiger partial charge in [-0.2, -0.15) is 5.10 Å². The predicted octanol–water partition coefficient (Wildman–Crippen LogP) is 2.82. The van der Waals surface area contributed by atoms with Crippen LogP contribution in [0.4, 0.5) is 0 Å². The molecule has 1 heterocycles. The molecule has 0 spiro atoms. The van der Waals surface area contributed by atoms with E-state index in [-0.39, 0.29) is 24.0 Å². The summed E-state index contributed by atoms with van der Waals surface area (Å²) in [5, 5.41) is 10.8. The lowest BCUT2D eigenvalue weighted by molar-refractivity contribution is 0.409. The zero-order valence-electron chi connectivity index (χ0n) is 16.0. The molecule has 3 aromatic rings. The van der Waals surface area contributed by atoms with Gasteiger partial charge in [0, 0.05) is 25.7 Å². The number of para-hydroxylation sites is 1. The number of ether oxygens (including phenoxy) is 1. The molecule has 28 heavy (non-hydrogen) atoms. The third-order valence-corrected chi connectivity index (χ3v) is 4.12. The van der Waals surface area contributed by atoms with Crippen LogP contribution >= 0.6 is 24.0 Å². The maximum atomic E-state index is 5.38. The molecule has 0 unspecified atom stereocenters. The van der Waals surface area contributed by atoms with Crippen LogP contribution < -0.4 is 15.4 Å². The largest absolute Gasteiger partial charge is 0.496 e. The third kappa shape index (κ3) is 6.22. The van der Waals surface area contributed by atoms with E-state index in [9.17, 15) is 0 Å². The average molecular weight is 492 g/mol. The Bertz CT molecular complexity index is 882. The highest BCUT2D eigenvalue weighted by molar-refractivity contribution is 14.0. The Kier molecular flexibility index (Phi) is 8.73. The van der Waals surface area contributed by atoms with Crippen LogP contribution in [0.5, 0.6) is 5.75 Å². The molecular formula is C20H25IN6O. The monoisotopic (exact) mass is 492 g/mol. The van der Waals surface area contributed by atoms with E-state index in [0.29, 0.717) is 19.6 Å². The lowest BCUT2D eigenvalue weighted by Gasteiger charge is -2.14. The highest BCUT2D eigenvalue weighted by Gasteiger charge is 2.04. The van der Waals surface area contributed by atoms with E-state index in [1.54, 1.807) is 31.5 Å². The van der Waals surface area contributed by atoms with Crippen molar-refractivity contribution >= 4 is 29.9 Å². The van der Waals surface area contributed by atoms with Crippen molar-refractivity contribution in [3.05, 3.63) is 77.9 Å². The maximum Gasteiger partial charge on any atom is 0.191 e. The number of aromatic nitrogens is 3. The van der Waals surface area contributed by atoms with Gasteiger partial charge in [0.15, 0.2) is 5.96 Å². The summed E-state index contributed by atoms with van der Waals surface area (Å²) in [6, 6.07) is 16.3. The van der Waals surface area contributed by atoms with Gasteiger partial charge in [-0.05, 0) is 17.2 Å². The molecule has 0 fully saturated rings. The summed E-state index contributed by atoms with van der Waals surface area (Å²) in [6.07, 6.45) is 3.26. The zero-order chi connectivity index (χ0) is 18.9. The Morgan fingerprint density at radius 1 is 1.07 bits per heavy atom. The van der Waals surface area contributed by atoms with Crippen molar-refractivity contribution in [3.8, 4) is 5.75 Å². The van der Waals surface area contributed by atoms with Gasteiger partial charge in [0.2, 0.25) is 0 Å². The molecule has 1 aromatic heterocycles. The molecule has 0 amide bonds. The number of hydrogen-bond donors (Lipinski definition) is 2. The molecule has 2 aromatic carbocycles. The van der Waals surface area contributed by atoms with E-state index in [2.05, 4.69) is 43.9 Å².